The van der Waals surface area contributed by atoms with Crippen molar-refractivity contribution in [1.29, 1.82) is 0 Å². The molecule has 0 amide bonds. The lowest BCUT2D eigenvalue weighted by Crippen LogP contribution is -2.44. The zero-order chi connectivity index (χ0) is 26.9. The summed E-state index contributed by atoms with van der Waals surface area (Å²) in [5, 5.41) is 0. The van der Waals surface area contributed by atoms with Crippen LogP contribution in [0.1, 0.15) is 89.7 Å². The Morgan fingerprint density at radius 2 is 1.43 bits per heavy atom. The number of ether oxygens (including phenoxy) is 2. The fourth-order valence-electron chi connectivity index (χ4n) is 4.90. The molecule has 0 N–H and O–H groups in total. The van der Waals surface area contributed by atoms with Crippen LogP contribution in [-0.4, -0.2) is 43.8 Å². The van der Waals surface area contributed by atoms with Crippen LogP contribution >= 0.6 is 0 Å². The van der Waals surface area contributed by atoms with Crippen molar-refractivity contribution < 1.29 is 18.8 Å². The van der Waals surface area contributed by atoms with Gasteiger partial charge in [0.2, 0.25) is 0 Å². The number of hydrogen-bond donors (Lipinski definition) is 0. The third kappa shape index (κ3) is 13.2. The van der Waals surface area contributed by atoms with Gasteiger partial charge in [-0.15, -0.1) is 0 Å². The predicted molar refractivity (Wildman–Crippen MR) is 155 cm³/mol. The number of nitrogens with zero attached hydrogens (tertiary/aromatic N) is 1. The minimum atomic E-state index is -0.174. The van der Waals surface area contributed by atoms with E-state index in [-0.39, 0.29) is 24.6 Å². The molecule has 0 bridgehead atoms. The van der Waals surface area contributed by atoms with Crippen molar-refractivity contribution in [2.24, 2.45) is 5.92 Å². The van der Waals surface area contributed by atoms with Crippen molar-refractivity contribution in [3.8, 4) is 5.75 Å². The van der Waals surface area contributed by atoms with Crippen molar-refractivity contribution >= 4 is 5.97 Å². The lowest BCUT2D eigenvalue weighted by Gasteiger charge is -2.32. The molecule has 0 saturated carbocycles. The van der Waals surface area contributed by atoms with E-state index in [0.717, 1.165) is 36.2 Å². The number of rotatable bonds is 19. The van der Waals surface area contributed by atoms with Crippen molar-refractivity contribution in [2.75, 3.05) is 27.2 Å². The first-order valence-electron chi connectivity index (χ1n) is 14.6. The van der Waals surface area contributed by atoms with E-state index < -0.39 is 0 Å². The van der Waals surface area contributed by atoms with Gasteiger partial charge in [-0.2, -0.15) is 0 Å². The minimum Gasteiger partial charge on any atom is -0.487 e. The summed E-state index contributed by atoms with van der Waals surface area (Å²) in [6.07, 6.45) is 12.5. The van der Waals surface area contributed by atoms with Crippen molar-refractivity contribution in [1.82, 2.24) is 0 Å². The van der Waals surface area contributed by atoms with Crippen LogP contribution in [-0.2, 0) is 22.5 Å². The number of esters is 1. The first-order valence-corrected chi connectivity index (χ1v) is 14.6. The average Bonchev–Trinajstić information content (AvgIpc) is 2.88. The van der Waals surface area contributed by atoms with Gasteiger partial charge in [0.15, 0.2) is 0 Å². The molecule has 0 spiro atoms. The topological polar surface area (TPSA) is 35.5 Å². The zero-order valence-electron chi connectivity index (χ0n) is 24.2. The van der Waals surface area contributed by atoms with E-state index in [1.807, 2.05) is 13.0 Å². The number of carbonyl (C=O) groups is 1. The fraction of sp³-hybridized carbons (Fsp3) is 0.606. The normalized spacial score (nSPS) is 13.2. The molecule has 0 aromatic heterocycles. The molecule has 0 aliphatic rings. The number of hydrogen-bond acceptors (Lipinski definition) is 3. The SMILES string of the molecule is CCCCCCCCCCc1ccc(OC(CC)COC(=O)C(C)C[N+](C)(C)Cc2ccccc2)cc1. The molecule has 37 heavy (non-hydrogen) atoms. The standard InChI is InChI=1S/C33H52NO3/c1-6-8-9-10-11-12-13-15-18-29-21-23-32(24-22-29)37-31(7-2)27-36-33(35)28(3)25-34(4,5)26-30-19-16-14-17-20-30/h14,16-17,19-24,28,31H,6-13,15,18,25-27H2,1-5H3/q+1. The quantitative estimate of drug-likeness (QED) is 0.109. The summed E-state index contributed by atoms with van der Waals surface area (Å²) in [6.45, 7) is 8.19. The van der Waals surface area contributed by atoms with Crippen LogP contribution in [0.4, 0.5) is 0 Å². The number of carbonyl (C=O) groups excluding carboxylic acids is 1. The van der Waals surface area contributed by atoms with Crippen LogP contribution in [0.5, 0.6) is 5.75 Å². The van der Waals surface area contributed by atoms with Crippen LogP contribution in [0, 0.1) is 5.92 Å². The van der Waals surface area contributed by atoms with Crippen molar-refractivity contribution in [3.05, 3.63) is 65.7 Å². The molecule has 0 radical (unpaired) electrons. The lowest BCUT2D eigenvalue weighted by molar-refractivity contribution is -0.905. The second-order valence-electron chi connectivity index (χ2n) is 11.3. The van der Waals surface area contributed by atoms with Gasteiger partial charge in [0.1, 0.15) is 30.9 Å². The van der Waals surface area contributed by atoms with E-state index in [1.165, 1.54) is 62.5 Å². The molecule has 0 aliphatic carbocycles. The van der Waals surface area contributed by atoms with Gasteiger partial charge in [-0.25, -0.2) is 0 Å². The van der Waals surface area contributed by atoms with Gasteiger partial charge in [0, 0.05) is 5.56 Å². The van der Waals surface area contributed by atoms with E-state index in [4.69, 9.17) is 9.47 Å². The van der Waals surface area contributed by atoms with Gasteiger partial charge < -0.3 is 14.0 Å². The van der Waals surface area contributed by atoms with E-state index >= 15 is 0 Å². The number of quaternary nitrogens is 1. The smallest absolute Gasteiger partial charge is 0.314 e. The van der Waals surface area contributed by atoms with Crippen LogP contribution < -0.4 is 4.74 Å². The highest BCUT2D eigenvalue weighted by Gasteiger charge is 2.26. The monoisotopic (exact) mass is 510 g/mol. The van der Waals surface area contributed by atoms with Crippen LogP contribution in [0.15, 0.2) is 54.6 Å². The summed E-state index contributed by atoms with van der Waals surface area (Å²) in [6, 6.07) is 18.9. The molecule has 0 heterocycles. The number of unbranched alkanes of at least 4 members (excludes halogenated alkanes) is 7. The molecule has 2 unspecified atom stereocenters. The molecular weight excluding hydrogens is 458 g/mol. The summed E-state index contributed by atoms with van der Waals surface area (Å²) in [7, 11) is 4.32. The molecule has 0 fully saturated rings. The molecule has 0 aliphatic heterocycles. The van der Waals surface area contributed by atoms with E-state index in [0.29, 0.717) is 0 Å². The van der Waals surface area contributed by atoms with Crippen LogP contribution in [0.3, 0.4) is 0 Å². The summed E-state index contributed by atoms with van der Waals surface area (Å²) in [4.78, 5) is 12.7. The Balaban J connectivity index is 1.69. The Hall–Kier alpha value is -2.33. The number of benzene rings is 2. The van der Waals surface area contributed by atoms with E-state index in [1.54, 1.807) is 0 Å². The maximum absolute atomic E-state index is 12.7. The van der Waals surface area contributed by atoms with Gasteiger partial charge >= 0.3 is 5.97 Å². The largest absolute Gasteiger partial charge is 0.487 e. The van der Waals surface area contributed by atoms with E-state index in [9.17, 15) is 4.79 Å². The molecule has 2 rings (SSSR count). The third-order valence-electron chi connectivity index (χ3n) is 7.04. The maximum Gasteiger partial charge on any atom is 0.314 e. The van der Waals surface area contributed by atoms with Gasteiger partial charge in [-0.1, -0.05) is 101 Å². The summed E-state index contributed by atoms with van der Waals surface area (Å²) >= 11 is 0. The highest BCUT2D eigenvalue weighted by atomic mass is 16.6. The Morgan fingerprint density at radius 3 is 2.05 bits per heavy atom. The van der Waals surface area contributed by atoms with Gasteiger partial charge in [-0.3, -0.25) is 4.79 Å². The predicted octanol–water partition coefficient (Wildman–Crippen LogP) is 7.98. The molecule has 206 valence electrons. The second-order valence-corrected chi connectivity index (χ2v) is 11.3. The highest BCUT2D eigenvalue weighted by molar-refractivity contribution is 5.72. The zero-order valence-corrected chi connectivity index (χ0v) is 24.2. The molecular formula is C33H52NO3+. The Morgan fingerprint density at radius 1 is 0.811 bits per heavy atom. The van der Waals surface area contributed by atoms with Crippen LogP contribution in [0.25, 0.3) is 0 Å². The summed E-state index contributed by atoms with van der Waals surface area (Å²) < 4.78 is 12.6. The number of aryl methyl sites for hydroxylation is 1. The van der Waals surface area contributed by atoms with Crippen molar-refractivity contribution in [2.45, 2.75) is 97.6 Å². The Labute approximate surface area is 227 Å². The van der Waals surface area contributed by atoms with Crippen molar-refractivity contribution in [3.63, 3.8) is 0 Å². The lowest BCUT2D eigenvalue weighted by atomic mass is 10.0. The first kappa shape index (κ1) is 30.9. The van der Waals surface area contributed by atoms with E-state index in [2.05, 4.69) is 76.5 Å². The average molecular weight is 511 g/mol. The molecule has 4 nitrogen and oxygen atoms in total. The molecule has 4 heteroatoms. The summed E-state index contributed by atoms with van der Waals surface area (Å²) in [5.41, 5.74) is 2.64. The minimum absolute atomic E-state index is 0.137. The van der Waals surface area contributed by atoms with Gasteiger partial charge in [0.05, 0.1) is 20.6 Å². The van der Waals surface area contributed by atoms with Gasteiger partial charge in [0.25, 0.3) is 0 Å². The maximum atomic E-state index is 12.7. The summed E-state index contributed by atoms with van der Waals surface area (Å²) in [5.74, 6) is 0.519. The fourth-order valence-corrected chi connectivity index (χ4v) is 4.90. The highest BCUT2D eigenvalue weighted by Crippen LogP contribution is 2.18. The molecule has 2 atom stereocenters. The van der Waals surface area contributed by atoms with Crippen LogP contribution in [0.2, 0.25) is 0 Å². The third-order valence-corrected chi connectivity index (χ3v) is 7.04. The first-order chi connectivity index (χ1) is 17.8. The molecule has 0 saturated heterocycles. The Kier molecular flexibility index (Phi) is 14.4. The van der Waals surface area contributed by atoms with Gasteiger partial charge in [-0.05, 0) is 43.9 Å². The second kappa shape index (κ2) is 17.2. The Bertz CT molecular complexity index is 863. The molecule has 2 aromatic rings. The molecule has 2 aromatic carbocycles.